The summed E-state index contributed by atoms with van der Waals surface area (Å²) in [6.45, 7) is 4.89. The first-order valence-electron chi connectivity index (χ1n) is 5.77. The Bertz CT molecular complexity index is 265. The molecular formula is C11H21NO5. The number of esters is 1. The Labute approximate surface area is 101 Å². The fourth-order valence-electron chi connectivity index (χ4n) is 1.58. The van der Waals surface area contributed by atoms with Crippen molar-refractivity contribution in [2.75, 3.05) is 13.2 Å². The first-order chi connectivity index (χ1) is 7.85. The summed E-state index contributed by atoms with van der Waals surface area (Å²) in [7, 11) is 0. The summed E-state index contributed by atoms with van der Waals surface area (Å²) in [4.78, 5) is 22.0. The van der Waals surface area contributed by atoms with Crippen molar-refractivity contribution in [3.05, 3.63) is 10.1 Å². The normalized spacial score (nSPS) is 13.2. The molecule has 0 saturated heterocycles. The van der Waals surface area contributed by atoms with Crippen LogP contribution in [-0.2, 0) is 9.53 Å². The number of nitrogens with zero attached hydrogens (tertiary/aromatic N) is 1. The van der Waals surface area contributed by atoms with Gasteiger partial charge < -0.3 is 9.84 Å². The van der Waals surface area contributed by atoms with Gasteiger partial charge in [-0.2, -0.15) is 0 Å². The second kappa shape index (κ2) is 7.21. The average Bonchev–Trinajstić information content (AvgIpc) is 2.24. The predicted octanol–water partition coefficient (Wildman–Crippen LogP) is 1.38. The molecule has 1 N–H and O–H groups in total. The number of ether oxygens (including phenoxy) is 1. The molecule has 0 fully saturated rings. The highest BCUT2D eigenvalue weighted by molar-refractivity contribution is 5.72. The molecule has 6 nitrogen and oxygen atoms in total. The van der Waals surface area contributed by atoms with Crippen molar-refractivity contribution in [1.82, 2.24) is 0 Å². The van der Waals surface area contributed by atoms with Crippen molar-refractivity contribution < 1.29 is 19.6 Å². The number of aliphatic hydroxyl groups excluding tert-OH is 1. The third kappa shape index (κ3) is 5.63. The topological polar surface area (TPSA) is 89.7 Å². The lowest BCUT2D eigenvalue weighted by atomic mass is 9.88. The van der Waals surface area contributed by atoms with Gasteiger partial charge in [0.2, 0.25) is 5.54 Å². The zero-order valence-electron chi connectivity index (χ0n) is 10.6. The van der Waals surface area contributed by atoms with Crippen molar-refractivity contribution in [3.63, 3.8) is 0 Å². The predicted molar refractivity (Wildman–Crippen MR) is 62.1 cm³/mol. The highest BCUT2D eigenvalue weighted by atomic mass is 16.6. The Hall–Kier alpha value is -1.17. The maximum atomic E-state index is 11.6. The average molecular weight is 247 g/mol. The van der Waals surface area contributed by atoms with Crippen LogP contribution >= 0.6 is 0 Å². The fraction of sp³-hybridized carbons (Fsp3) is 0.909. The maximum absolute atomic E-state index is 11.6. The standard InChI is InChI=1S/C11H21NO5/c1-4-17-10(14)9(6-5-7-13)8-11(2,3)12(15)16/h9,13H,4-8H2,1-3H3/t9-/m0/s1. The maximum Gasteiger partial charge on any atom is 0.309 e. The van der Waals surface area contributed by atoms with Gasteiger partial charge >= 0.3 is 5.97 Å². The van der Waals surface area contributed by atoms with Crippen molar-refractivity contribution in [2.24, 2.45) is 5.92 Å². The van der Waals surface area contributed by atoms with Crippen LogP contribution < -0.4 is 0 Å². The zero-order chi connectivity index (χ0) is 13.5. The third-order valence-electron chi connectivity index (χ3n) is 2.57. The smallest absolute Gasteiger partial charge is 0.309 e. The van der Waals surface area contributed by atoms with Crippen molar-refractivity contribution in [2.45, 2.75) is 45.6 Å². The summed E-state index contributed by atoms with van der Waals surface area (Å²) in [6.07, 6.45) is 0.975. The number of carbonyl (C=O) groups excluding carboxylic acids is 1. The largest absolute Gasteiger partial charge is 0.466 e. The van der Waals surface area contributed by atoms with Gasteiger partial charge in [0.25, 0.3) is 0 Å². The highest BCUT2D eigenvalue weighted by Crippen LogP contribution is 2.24. The van der Waals surface area contributed by atoms with Gasteiger partial charge in [0.1, 0.15) is 0 Å². The van der Waals surface area contributed by atoms with Gasteiger partial charge in [0.05, 0.1) is 12.5 Å². The van der Waals surface area contributed by atoms with Crippen LogP contribution in [0, 0.1) is 16.0 Å². The molecular weight excluding hydrogens is 226 g/mol. The molecule has 0 unspecified atom stereocenters. The molecule has 17 heavy (non-hydrogen) atoms. The van der Waals surface area contributed by atoms with E-state index in [4.69, 9.17) is 9.84 Å². The molecule has 0 saturated carbocycles. The summed E-state index contributed by atoms with van der Waals surface area (Å²) in [5.74, 6) is -0.946. The minimum absolute atomic E-state index is 0.0329. The van der Waals surface area contributed by atoms with Gasteiger partial charge in [-0.1, -0.05) is 0 Å². The second-order valence-electron chi connectivity index (χ2n) is 4.59. The number of hydrogen-bond donors (Lipinski definition) is 1. The van der Waals surface area contributed by atoms with E-state index in [-0.39, 0.29) is 19.6 Å². The Balaban J connectivity index is 4.58. The van der Waals surface area contributed by atoms with E-state index in [9.17, 15) is 14.9 Å². The van der Waals surface area contributed by atoms with Crippen LogP contribution in [0.25, 0.3) is 0 Å². The Morgan fingerprint density at radius 1 is 1.53 bits per heavy atom. The molecule has 0 bridgehead atoms. The van der Waals surface area contributed by atoms with E-state index in [0.717, 1.165) is 0 Å². The summed E-state index contributed by atoms with van der Waals surface area (Å²) in [5, 5.41) is 19.6. The van der Waals surface area contributed by atoms with E-state index < -0.39 is 22.3 Å². The Kier molecular flexibility index (Phi) is 6.72. The molecule has 1 atom stereocenters. The number of aliphatic hydroxyl groups is 1. The van der Waals surface area contributed by atoms with E-state index in [1.807, 2.05) is 0 Å². The molecule has 0 aliphatic heterocycles. The summed E-state index contributed by atoms with van der Waals surface area (Å²) < 4.78 is 4.88. The molecule has 0 amide bonds. The quantitative estimate of drug-likeness (QED) is 0.397. The number of rotatable bonds is 8. The zero-order valence-corrected chi connectivity index (χ0v) is 10.6. The molecule has 0 aliphatic rings. The van der Waals surface area contributed by atoms with Crippen molar-refractivity contribution in [1.29, 1.82) is 0 Å². The van der Waals surface area contributed by atoms with Gasteiger partial charge in [-0.15, -0.1) is 0 Å². The second-order valence-corrected chi connectivity index (χ2v) is 4.59. The highest BCUT2D eigenvalue weighted by Gasteiger charge is 2.37. The van der Waals surface area contributed by atoms with E-state index >= 15 is 0 Å². The lowest BCUT2D eigenvalue weighted by Gasteiger charge is -2.21. The summed E-state index contributed by atoms with van der Waals surface area (Å²) in [5.41, 5.74) is -1.16. The molecule has 0 aliphatic carbocycles. The first kappa shape index (κ1) is 15.8. The van der Waals surface area contributed by atoms with Crippen molar-refractivity contribution >= 4 is 5.97 Å². The molecule has 0 spiro atoms. The van der Waals surface area contributed by atoms with Gasteiger partial charge in [-0.25, -0.2) is 0 Å². The minimum Gasteiger partial charge on any atom is -0.466 e. The van der Waals surface area contributed by atoms with E-state index in [1.165, 1.54) is 13.8 Å². The molecule has 0 aromatic carbocycles. The molecule has 100 valence electrons. The number of hydrogen-bond acceptors (Lipinski definition) is 5. The van der Waals surface area contributed by atoms with Crippen LogP contribution in [0.4, 0.5) is 0 Å². The molecule has 0 heterocycles. The van der Waals surface area contributed by atoms with Crippen LogP contribution in [0.1, 0.15) is 40.0 Å². The van der Waals surface area contributed by atoms with Gasteiger partial charge in [-0.05, 0) is 19.8 Å². The molecule has 0 aromatic heterocycles. The SMILES string of the molecule is CCOC(=O)[C@@H](CCCO)CC(C)(C)[N+](=O)[O-]. The van der Waals surface area contributed by atoms with Gasteiger partial charge in [0.15, 0.2) is 0 Å². The van der Waals surface area contributed by atoms with Crippen LogP contribution in [-0.4, -0.2) is 34.8 Å². The first-order valence-corrected chi connectivity index (χ1v) is 5.77. The number of nitro groups is 1. The molecule has 0 radical (unpaired) electrons. The monoisotopic (exact) mass is 247 g/mol. The van der Waals surface area contributed by atoms with Crippen LogP contribution in [0.5, 0.6) is 0 Å². The lowest BCUT2D eigenvalue weighted by Crippen LogP contribution is -2.36. The minimum atomic E-state index is -1.16. The molecule has 0 aromatic rings. The molecule has 6 heteroatoms. The van der Waals surface area contributed by atoms with E-state index in [1.54, 1.807) is 6.92 Å². The van der Waals surface area contributed by atoms with Crippen molar-refractivity contribution in [3.8, 4) is 0 Å². The fourth-order valence-corrected chi connectivity index (χ4v) is 1.58. The number of carbonyl (C=O) groups is 1. The lowest BCUT2D eigenvalue weighted by molar-refractivity contribution is -0.562. The Morgan fingerprint density at radius 2 is 2.12 bits per heavy atom. The summed E-state index contributed by atoms with van der Waals surface area (Å²) >= 11 is 0. The third-order valence-corrected chi connectivity index (χ3v) is 2.57. The molecule has 0 rings (SSSR count). The Morgan fingerprint density at radius 3 is 2.53 bits per heavy atom. The summed E-state index contributed by atoms with van der Waals surface area (Å²) in [6, 6.07) is 0. The van der Waals surface area contributed by atoms with Crippen LogP contribution in [0.2, 0.25) is 0 Å². The van der Waals surface area contributed by atoms with Crippen LogP contribution in [0.3, 0.4) is 0 Å². The van der Waals surface area contributed by atoms with E-state index in [2.05, 4.69) is 0 Å². The van der Waals surface area contributed by atoms with E-state index in [0.29, 0.717) is 12.8 Å². The van der Waals surface area contributed by atoms with Crippen LogP contribution in [0.15, 0.2) is 0 Å². The van der Waals surface area contributed by atoms with Gasteiger partial charge in [-0.3, -0.25) is 14.9 Å². The van der Waals surface area contributed by atoms with Gasteiger partial charge in [0, 0.05) is 31.8 Å².